The van der Waals surface area contributed by atoms with Crippen LogP contribution in [0.25, 0.3) is 0 Å². The normalized spacial score (nSPS) is 15.5. The lowest BCUT2D eigenvalue weighted by Gasteiger charge is -1.98. The first-order valence-electron chi connectivity index (χ1n) is 3.92. The molecule has 0 unspecified atom stereocenters. The molecule has 0 atom stereocenters. The summed E-state index contributed by atoms with van der Waals surface area (Å²) in [5.74, 6) is 0.356. The van der Waals surface area contributed by atoms with Crippen molar-refractivity contribution in [1.82, 2.24) is 5.32 Å². The van der Waals surface area contributed by atoms with Crippen LogP contribution in [-0.4, -0.2) is 11.7 Å². The number of carbonyl (C=O) groups is 1. The minimum atomic E-state index is -0.223. The third kappa shape index (κ3) is 1.36. The van der Waals surface area contributed by atoms with Crippen LogP contribution in [0.5, 0.6) is 0 Å². The molecular weight excluding hydrogens is 164 g/mol. The van der Waals surface area contributed by atoms with Gasteiger partial charge in [0.05, 0.1) is 0 Å². The molecule has 1 aliphatic heterocycles. The first kappa shape index (κ1) is 7.73. The maximum absolute atomic E-state index is 11.0. The lowest BCUT2D eigenvalue weighted by molar-refractivity contribution is -0.115. The second-order valence-corrected chi connectivity index (χ2v) is 2.73. The van der Waals surface area contributed by atoms with Gasteiger partial charge in [0.1, 0.15) is 11.5 Å². The van der Waals surface area contributed by atoms with Gasteiger partial charge < -0.3 is 5.32 Å². The van der Waals surface area contributed by atoms with E-state index in [9.17, 15) is 4.79 Å². The number of aliphatic imine (C=N–C) groups is 1. The van der Waals surface area contributed by atoms with Crippen LogP contribution in [0.4, 0.5) is 0 Å². The summed E-state index contributed by atoms with van der Waals surface area (Å²) < 4.78 is 0. The Morgan fingerprint density at radius 1 is 1.23 bits per heavy atom. The average molecular weight is 172 g/mol. The number of carbonyl (C=O) groups excluding carboxylic acids is 1. The Hall–Kier alpha value is -1.90. The highest BCUT2D eigenvalue weighted by atomic mass is 16.2. The summed E-state index contributed by atoms with van der Waals surface area (Å²) in [6.45, 7) is 3.51. The number of nitrogens with one attached hydrogen (secondary N) is 1. The van der Waals surface area contributed by atoms with Gasteiger partial charge in [-0.25, -0.2) is 4.99 Å². The molecule has 3 nitrogen and oxygen atoms in total. The van der Waals surface area contributed by atoms with Crippen LogP contribution in [0.2, 0.25) is 0 Å². The van der Waals surface area contributed by atoms with Crippen LogP contribution in [0.15, 0.2) is 47.6 Å². The SMILES string of the molecule is C=C1N=C(c2ccccc2)NC1=O. The standard InChI is InChI=1S/C10H8N2O/c1-7-10(13)12-9(11-7)8-5-3-2-4-6-8/h2-6H,1H2,(H,11,12,13). The molecule has 1 N–H and O–H groups in total. The van der Waals surface area contributed by atoms with E-state index >= 15 is 0 Å². The third-order valence-electron chi connectivity index (χ3n) is 1.79. The highest BCUT2D eigenvalue weighted by molar-refractivity contribution is 6.18. The Morgan fingerprint density at radius 3 is 2.46 bits per heavy atom. The number of amidine groups is 1. The molecule has 1 aromatic carbocycles. The molecule has 0 saturated heterocycles. The highest BCUT2D eigenvalue weighted by Crippen LogP contribution is 2.08. The van der Waals surface area contributed by atoms with Crippen molar-refractivity contribution in [2.75, 3.05) is 0 Å². The average Bonchev–Trinajstić information content (AvgIpc) is 2.49. The van der Waals surface area contributed by atoms with E-state index in [0.717, 1.165) is 5.56 Å². The van der Waals surface area contributed by atoms with E-state index < -0.39 is 0 Å². The lowest BCUT2D eigenvalue weighted by atomic mass is 10.2. The summed E-state index contributed by atoms with van der Waals surface area (Å²) in [5.41, 5.74) is 1.16. The predicted octanol–water partition coefficient (Wildman–Crippen LogP) is 1.08. The molecule has 1 amide bonds. The molecule has 3 heteroatoms. The highest BCUT2D eigenvalue weighted by Gasteiger charge is 2.18. The zero-order valence-corrected chi connectivity index (χ0v) is 6.95. The van der Waals surface area contributed by atoms with Crippen molar-refractivity contribution < 1.29 is 4.79 Å². The van der Waals surface area contributed by atoms with Gasteiger partial charge in [-0.3, -0.25) is 4.79 Å². The zero-order valence-electron chi connectivity index (χ0n) is 6.95. The van der Waals surface area contributed by atoms with Gasteiger partial charge in [0.25, 0.3) is 5.91 Å². The lowest BCUT2D eigenvalue weighted by Crippen LogP contribution is -2.24. The summed E-state index contributed by atoms with van der Waals surface area (Å²) in [6, 6.07) is 9.47. The molecule has 1 heterocycles. The van der Waals surface area contributed by atoms with Gasteiger partial charge in [-0.15, -0.1) is 0 Å². The van der Waals surface area contributed by atoms with Crippen molar-refractivity contribution in [1.29, 1.82) is 0 Å². The van der Waals surface area contributed by atoms with Gasteiger partial charge >= 0.3 is 0 Å². The Kier molecular flexibility index (Phi) is 1.70. The van der Waals surface area contributed by atoms with Gasteiger partial charge in [0.15, 0.2) is 0 Å². The molecule has 1 aliphatic rings. The minimum absolute atomic E-state index is 0.223. The molecule has 64 valence electrons. The molecule has 0 saturated carbocycles. The quantitative estimate of drug-likeness (QED) is 0.633. The largest absolute Gasteiger partial charge is 0.305 e. The Labute approximate surface area is 75.8 Å². The Morgan fingerprint density at radius 2 is 1.92 bits per heavy atom. The van der Waals surface area contributed by atoms with E-state index in [1.807, 2.05) is 30.3 Å². The number of rotatable bonds is 1. The number of hydrogen-bond donors (Lipinski definition) is 1. The summed E-state index contributed by atoms with van der Waals surface area (Å²) in [6.07, 6.45) is 0. The fourth-order valence-electron chi connectivity index (χ4n) is 1.13. The number of benzene rings is 1. The van der Waals surface area contributed by atoms with Gasteiger partial charge in [-0.2, -0.15) is 0 Å². The van der Waals surface area contributed by atoms with Crippen LogP contribution in [0.3, 0.4) is 0 Å². The van der Waals surface area contributed by atoms with Gasteiger partial charge in [-0.05, 0) is 0 Å². The first-order valence-corrected chi connectivity index (χ1v) is 3.92. The summed E-state index contributed by atoms with van der Waals surface area (Å²) >= 11 is 0. The number of amides is 1. The molecule has 0 spiro atoms. The van der Waals surface area contributed by atoms with Crippen molar-refractivity contribution in [2.45, 2.75) is 0 Å². The molecule has 13 heavy (non-hydrogen) atoms. The van der Waals surface area contributed by atoms with Crippen molar-refractivity contribution in [3.8, 4) is 0 Å². The van der Waals surface area contributed by atoms with Gasteiger partial charge in [0, 0.05) is 5.56 Å². The van der Waals surface area contributed by atoms with Crippen LogP contribution in [-0.2, 0) is 4.79 Å². The van der Waals surface area contributed by atoms with E-state index in [4.69, 9.17) is 0 Å². The van der Waals surface area contributed by atoms with Crippen LogP contribution in [0, 0.1) is 0 Å². The summed E-state index contributed by atoms with van der Waals surface area (Å²) in [4.78, 5) is 15.0. The van der Waals surface area contributed by atoms with E-state index in [2.05, 4.69) is 16.9 Å². The third-order valence-corrected chi connectivity index (χ3v) is 1.79. The topological polar surface area (TPSA) is 41.5 Å². The monoisotopic (exact) mass is 172 g/mol. The molecule has 0 aliphatic carbocycles. The number of nitrogens with zero attached hydrogens (tertiary/aromatic N) is 1. The molecule has 0 aromatic heterocycles. The fraction of sp³-hybridized carbons (Fsp3) is 0. The maximum atomic E-state index is 11.0. The molecule has 2 rings (SSSR count). The summed E-state index contributed by atoms with van der Waals surface area (Å²) in [5, 5.41) is 2.63. The maximum Gasteiger partial charge on any atom is 0.274 e. The van der Waals surface area contributed by atoms with Gasteiger partial charge in [0.2, 0.25) is 0 Å². The second-order valence-electron chi connectivity index (χ2n) is 2.73. The second kappa shape index (κ2) is 2.86. The van der Waals surface area contributed by atoms with Gasteiger partial charge in [-0.1, -0.05) is 36.9 Å². The minimum Gasteiger partial charge on any atom is -0.305 e. The summed E-state index contributed by atoms with van der Waals surface area (Å²) in [7, 11) is 0. The first-order chi connectivity index (χ1) is 6.27. The molecule has 0 fully saturated rings. The van der Waals surface area contributed by atoms with Crippen molar-refractivity contribution in [3.63, 3.8) is 0 Å². The molecule has 1 aromatic rings. The Balaban J connectivity index is 2.35. The fourth-order valence-corrected chi connectivity index (χ4v) is 1.13. The van der Waals surface area contributed by atoms with Crippen LogP contribution in [0.1, 0.15) is 5.56 Å². The zero-order chi connectivity index (χ0) is 9.26. The Bertz CT molecular complexity index is 393. The van der Waals surface area contributed by atoms with E-state index in [-0.39, 0.29) is 11.6 Å². The van der Waals surface area contributed by atoms with E-state index in [0.29, 0.717) is 5.84 Å². The van der Waals surface area contributed by atoms with Crippen molar-refractivity contribution in [3.05, 3.63) is 48.2 Å². The molecule has 0 bridgehead atoms. The molecular formula is C10H8N2O. The predicted molar refractivity (Wildman–Crippen MR) is 50.3 cm³/mol. The smallest absolute Gasteiger partial charge is 0.274 e. The molecule has 0 radical (unpaired) electrons. The van der Waals surface area contributed by atoms with E-state index in [1.54, 1.807) is 0 Å². The van der Waals surface area contributed by atoms with Crippen molar-refractivity contribution >= 4 is 11.7 Å². The van der Waals surface area contributed by atoms with Crippen molar-refractivity contribution in [2.24, 2.45) is 4.99 Å². The van der Waals surface area contributed by atoms with Crippen LogP contribution >= 0.6 is 0 Å². The van der Waals surface area contributed by atoms with E-state index in [1.165, 1.54) is 0 Å². The number of hydrogen-bond acceptors (Lipinski definition) is 2. The van der Waals surface area contributed by atoms with Crippen LogP contribution < -0.4 is 5.32 Å².